The normalized spacial score (nSPS) is 11.4. The molecular formula is C15H25N3O. The predicted octanol–water partition coefficient (Wildman–Crippen LogP) is 1.91. The molecule has 0 heterocycles. The maximum atomic E-state index is 11.6. The van der Waals surface area contributed by atoms with Gasteiger partial charge in [-0.25, -0.2) is 0 Å². The van der Waals surface area contributed by atoms with Gasteiger partial charge in [0.15, 0.2) is 0 Å². The lowest BCUT2D eigenvalue weighted by Crippen LogP contribution is -2.39. The first-order valence-corrected chi connectivity index (χ1v) is 6.66. The van der Waals surface area contributed by atoms with Gasteiger partial charge in [-0.15, -0.1) is 0 Å². The van der Waals surface area contributed by atoms with Crippen LogP contribution >= 0.6 is 0 Å². The summed E-state index contributed by atoms with van der Waals surface area (Å²) in [5.41, 5.74) is 13.8. The summed E-state index contributed by atoms with van der Waals surface area (Å²) in [4.78, 5) is 13.7. The third-order valence-corrected chi connectivity index (χ3v) is 3.31. The van der Waals surface area contributed by atoms with Gasteiger partial charge >= 0.3 is 0 Å². The van der Waals surface area contributed by atoms with E-state index >= 15 is 0 Å². The first kappa shape index (κ1) is 15.5. The molecule has 0 spiro atoms. The van der Waals surface area contributed by atoms with Crippen LogP contribution in [0.1, 0.15) is 36.7 Å². The average Bonchev–Trinajstić information content (AvgIpc) is 2.35. The number of carbonyl (C=O) groups excluding carboxylic acids is 1. The molecule has 0 aliphatic carbocycles. The average molecular weight is 263 g/mol. The van der Waals surface area contributed by atoms with Crippen LogP contribution in [0.2, 0.25) is 0 Å². The Morgan fingerprint density at radius 3 is 2.47 bits per heavy atom. The lowest BCUT2D eigenvalue weighted by molar-refractivity contribution is 0.100. The van der Waals surface area contributed by atoms with Crippen LogP contribution in [0.3, 0.4) is 0 Å². The van der Waals surface area contributed by atoms with Crippen LogP contribution in [0.15, 0.2) is 18.2 Å². The molecule has 4 heteroatoms. The number of nitrogens with two attached hydrogens (primary N) is 2. The van der Waals surface area contributed by atoms with E-state index in [0.717, 1.165) is 24.3 Å². The van der Waals surface area contributed by atoms with Crippen molar-refractivity contribution in [2.45, 2.75) is 27.7 Å². The molecule has 0 saturated heterocycles. The fourth-order valence-corrected chi connectivity index (χ4v) is 2.06. The third-order valence-electron chi connectivity index (χ3n) is 3.31. The quantitative estimate of drug-likeness (QED) is 0.823. The lowest BCUT2D eigenvalue weighted by Gasteiger charge is -2.33. The molecule has 1 rings (SSSR count). The van der Waals surface area contributed by atoms with E-state index in [-0.39, 0.29) is 11.3 Å². The molecule has 4 nitrogen and oxygen atoms in total. The SMILES string of the molecule is CCN(CC(C)(C)CN)c1cc(C)ccc1C(N)=O. The Morgan fingerprint density at radius 1 is 1.37 bits per heavy atom. The summed E-state index contributed by atoms with van der Waals surface area (Å²) < 4.78 is 0. The van der Waals surface area contributed by atoms with Gasteiger partial charge in [-0.05, 0) is 43.5 Å². The second kappa shape index (κ2) is 6.06. The van der Waals surface area contributed by atoms with Gasteiger partial charge < -0.3 is 16.4 Å². The molecule has 0 aliphatic heterocycles. The molecule has 0 atom stereocenters. The predicted molar refractivity (Wildman–Crippen MR) is 80.4 cm³/mol. The number of rotatable bonds is 6. The Labute approximate surface area is 115 Å². The molecule has 19 heavy (non-hydrogen) atoms. The number of nitrogens with zero attached hydrogens (tertiary/aromatic N) is 1. The summed E-state index contributed by atoms with van der Waals surface area (Å²) in [5.74, 6) is -0.390. The minimum Gasteiger partial charge on any atom is -0.371 e. The Balaban J connectivity index is 3.17. The number of primary amides is 1. The van der Waals surface area contributed by atoms with E-state index in [2.05, 4.69) is 25.7 Å². The zero-order chi connectivity index (χ0) is 14.6. The van der Waals surface area contributed by atoms with Gasteiger partial charge in [0.05, 0.1) is 5.56 Å². The number of hydrogen-bond donors (Lipinski definition) is 2. The van der Waals surface area contributed by atoms with Crippen LogP contribution in [-0.4, -0.2) is 25.5 Å². The van der Waals surface area contributed by atoms with E-state index in [9.17, 15) is 4.79 Å². The van der Waals surface area contributed by atoms with Crippen molar-refractivity contribution in [3.63, 3.8) is 0 Å². The topological polar surface area (TPSA) is 72.3 Å². The second-order valence-corrected chi connectivity index (χ2v) is 5.77. The highest BCUT2D eigenvalue weighted by Crippen LogP contribution is 2.25. The molecule has 0 unspecified atom stereocenters. The largest absolute Gasteiger partial charge is 0.371 e. The molecule has 0 aromatic heterocycles. The second-order valence-electron chi connectivity index (χ2n) is 5.77. The summed E-state index contributed by atoms with van der Waals surface area (Å²) >= 11 is 0. The fraction of sp³-hybridized carbons (Fsp3) is 0.533. The van der Waals surface area contributed by atoms with Gasteiger partial charge in [-0.3, -0.25) is 4.79 Å². The van der Waals surface area contributed by atoms with Crippen LogP contribution in [0.4, 0.5) is 5.69 Å². The standard InChI is InChI=1S/C15H25N3O/c1-5-18(10-15(3,4)9-16)13-8-11(2)6-7-12(13)14(17)19/h6-8H,5,9-10,16H2,1-4H3,(H2,17,19). The summed E-state index contributed by atoms with van der Waals surface area (Å²) in [6.07, 6.45) is 0. The van der Waals surface area contributed by atoms with Crippen LogP contribution in [-0.2, 0) is 0 Å². The minimum atomic E-state index is -0.390. The number of hydrogen-bond acceptors (Lipinski definition) is 3. The molecule has 4 N–H and O–H groups in total. The van der Waals surface area contributed by atoms with Gasteiger partial charge in [0.25, 0.3) is 5.91 Å². The Morgan fingerprint density at radius 2 is 2.00 bits per heavy atom. The highest BCUT2D eigenvalue weighted by Gasteiger charge is 2.22. The summed E-state index contributed by atoms with van der Waals surface area (Å²) in [6.45, 7) is 10.5. The van der Waals surface area contributed by atoms with Crippen LogP contribution in [0.5, 0.6) is 0 Å². The van der Waals surface area contributed by atoms with E-state index in [1.807, 2.05) is 19.1 Å². The Bertz CT molecular complexity index is 455. The van der Waals surface area contributed by atoms with Gasteiger partial charge in [-0.1, -0.05) is 19.9 Å². The smallest absolute Gasteiger partial charge is 0.250 e. The van der Waals surface area contributed by atoms with Crippen molar-refractivity contribution >= 4 is 11.6 Å². The van der Waals surface area contributed by atoms with E-state index in [4.69, 9.17) is 11.5 Å². The van der Waals surface area contributed by atoms with Crippen molar-refractivity contribution in [1.82, 2.24) is 0 Å². The van der Waals surface area contributed by atoms with Crippen LogP contribution in [0.25, 0.3) is 0 Å². The third kappa shape index (κ3) is 3.96. The van der Waals surface area contributed by atoms with Crippen molar-refractivity contribution in [1.29, 1.82) is 0 Å². The molecule has 0 saturated carbocycles. The maximum absolute atomic E-state index is 11.6. The number of carbonyl (C=O) groups is 1. The maximum Gasteiger partial charge on any atom is 0.250 e. The van der Waals surface area contributed by atoms with E-state index in [1.54, 1.807) is 6.07 Å². The minimum absolute atomic E-state index is 0.00529. The lowest BCUT2D eigenvalue weighted by atomic mass is 9.92. The molecule has 1 amide bonds. The number of amides is 1. The molecule has 0 bridgehead atoms. The number of anilines is 1. The molecule has 0 radical (unpaired) electrons. The van der Waals surface area contributed by atoms with Crippen molar-refractivity contribution in [2.75, 3.05) is 24.5 Å². The van der Waals surface area contributed by atoms with Gasteiger partial charge in [0.1, 0.15) is 0 Å². The molecule has 106 valence electrons. The monoisotopic (exact) mass is 263 g/mol. The zero-order valence-electron chi connectivity index (χ0n) is 12.4. The summed E-state index contributed by atoms with van der Waals surface area (Å²) in [5, 5.41) is 0. The molecule has 1 aromatic rings. The highest BCUT2D eigenvalue weighted by molar-refractivity contribution is 5.98. The Kier molecular flexibility index (Phi) is 4.95. The first-order valence-electron chi connectivity index (χ1n) is 6.66. The van der Waals surface area contributed by atoms with Crippen LogP contribution < -0.4 is 16.4 Å². The van der Waals surface area contributed by atoms with E-state index < -0.39 is 0 Å². The van der Waals surface area contributed by atoms with Gasteiger partial charge in [0.2, 0.25) is 0 Å². The summed E-state index contributed by atoms with van der Waals surface area (Å²) in [7, 11) is 0. The van der Waals surface area contributed by atoms with E-state index in [1.165, 1.54) is 0 Å². The number of benzene rings is 1. The van der Waals surface area contributed by atoms with Crippen LogP contribution in [0, 0.1) is 12.3 Å². The summed E-state index contributed by atoms with van der Waals surface area (Å²) in [6, 6.07) is 5.72. The van der Waals surface area contributed by atoms with Crippen molar-refractivity contribution in [3.8, 4) is 0 Å². The highest BCUT2D eigenvalue weighted by atomic mass is 16.1. The number of aryl methyl sites for hydroxylation is 1. The molecule has 0 fully saturated rings. The van der Waals surface area contributed by atoms with Gasteiger partial charge in [-0.2, -0.15) is 0 Å². The zero-order valence-corrected chi connectivity index (χ0v) is 12.4. The fourth-order valence-electron chi connectivity index (χ4n) is 2.06. The first-order chi connectivity index (χ1) is 8.80. The van der Waals surface area contributed by atoms with Gasteiger partial charge in [0, 0.05) is 18.8 Å². The van der Waals surface area contributed by atoms with E-state index in [0.29, 0.717) is 12.1 Å². The Hall–Kier alpha value is -1.55. The molecule has 1 aromatic carbocycles. The molecule has 0 aliphatic rings. The molecular weight excluding hydrogens is 238 g/mol. The van der Waals surface area contributed by atoms with Crippen molar-refractivity contribution < 1.29 is 4.79 Å². The van der Waals surface area contributed by atoms with Crippen molar-refractivity contribution in [3.05, 3.63) is 29.3 Å². The van der Waals surface area contributed by atoms with Crippen molar-refractivity contribution in [2.24, 2.45) is 16.9 Å².